The molecule has 0 aliphatic heterocycles. The highest BCUT2D eigenvalue weighted by atomic mass is 35.5. The molecule has 124 valence electrons. The first-order chi connectivity index (χ1) is 11.5. The monoisotopic (exact) mass is 345 g/mol. The lowest BCUT2D eigenvalue weighted by atomic mass is 10.2. The Kier molecular flexibility index (Phi) is 4.73. The minimum Gasteiger partial charge on any atom is -0.309 e. The summed E-state index contributed by atoms with van der Waals surface area (Å²) in [5.41, 5.74) is 0.881. The van der Waals surface area contributed by atoms with E-state index in [0.29, 0.717) is 34.8 Å². The lowest BCUT2D eigenvalue weighted by molar-refractivity contribution is 0.260. The number of aromatic nitrogens is 4. The van der Waals surface area contributed by atoms with Crippen LogP contribution in [0.4, 0.5) is 0 Å². The van der Waals surface area contributed by atoms with Crippen LogP contribution in [0, 0.1) is 0 Å². The molecule has 0 bridgehead atoms. The Hall–Kier alpha value is -2.51. The normalized spacial score (nSPS) is 11.3. The Morgan fingerprint density at radius 3 is 2.71 bits per heavy atom. The van der Waals surface area contributed by atoms with Crippen molar-refractivity contribution in [1.29, 1.82) is 0 Å². The SMILES string of the molecule is CCN(Cc1ccc(=O)[nH]n1)Cc1nc2cc(Cl)ccc2c(=O)[nH]1. The summed E-state index contributed by atoms with van der Waals surface area (Å²) in [7, 11) is 0. The predicted molar refractivity (Wildman–Crippen MR) is 92.0 cm³/mol. The van der Waals surface area contributed by atoms with Crippen LogP contribution in [0.3, 0.4) is 0 Å². The van der Waals surface area contributed by atoms with E-state index in [1.165, 1.54) is 6.07 Å². The van der Waals surface area contributed by atoms with Gasteiger partial charge in [-0.1, -0.05) is 18.5 Å². The van der Waals surface area contributed by atoms with Crippen molar-refractivity contribution in [3.63, 3.8) is 0 Å². The molecule has 0 fully saturated rings. The molecule has 3 rings (SSSR count). The average Bonchev–Trinajstić information content (AvgIpc) is 2.55. The maximum absolute atomic E-state index is 12.2. The van der Waals surface area contributed by atoms with Gasteiger partial charge in [0.2, 0.25) is 0 Å². The average molecular weight is 346 g/mol. The van der Waals surface area contributed by atoms with E-state index in [9.17, 15) is 9.59 Å². The summed E-state index contributed by atoms with van der Waals surface area (Å²) in [6.45, 7) is 3.72. The van der Waals surface area contributed by atoms with Gasteiger partial charge in [0.05, 0.1) is 23.1 Å². The van der Waals surface area contributed by atoms with Gasteiger partial charge >= 0.3 is 0 Å². The molecule has 0 unspecified atom stereocenters. The lowest BCUT2D eigenvalue weighted by Crippen LogP contribution is -2.26. The van der Waals surface area contributed by atoms with Crippen LogP contribution in [0.5, 0.6) is 0 Å². The molecule has 0 saturated heterocycles. The van der Waals surface area contributed by atoms with Gasteiger partial charge in [-0.3, -0.25) is 14.5 Å². The van der Waals surface area contributed by atoms with Gasteiger partial charge in [-0.05, 0) is 30.8 Å². The van der Waals surface area contributed by atoms with Gasteiger partial charge in [0.15, 0.2) is 0 Å². The number of hydrogen-bond donors (Lipinski definition) is 2. The van der Waals surface area contributed by atoms with E-state index in [2.05, 4.69) is 25.1 Å². The number of nitrogens with one attached hydrogen (secondary N) is 2. The van der Waals surface area contributed by atoms with E-state index in [1.54, 1.807) is 24.3 Å². The highest BCUT2D eigenvalue weighted by Gasteiger charge is 2.10. The summed E-state index contributed by atoms with van der Waals surface area (Å²) in [6.07, 6.45) is 0. The zero-order chi connectivity index (χ0) is 17.1. The highest BCUT2D eigenvalue weighted by molar-refractivity contribution is 6.31. The summed E-state index contributed by atoms with van der Waals surface area (Å²) in [4.78, 5) is 32.6. The standard InChI is InChI=1S/C16H16ClN5O2/c1-2-22(8-11-4-6-15(23)21-20-11)9-14-18-13-7-10(17)3-5-12(13)16(24)19-14/h3-7H,2,8-9H2,1H3,(H,21,23)(H,18,19,24). The molecule has 0 atom stereocenters. The Balaban J connectivity index is 1.85. The molecule has 8 heteroatoms. The number of fused-ring (bicyclic) bond motifs is 1. The predicted octanol–water partition coefficient (Wildman–Crippen LogP) is 1.68. The van der Waals surface area contributed by atoms with Crippen molar-refractivity contribution in [3.8, 4) is 0 Å². The van der Waals surface area contributed by atoms with Crippen molar-refractivity contribution in [1.82, 2.24) is 25.1 Å². The third-order valence-electron chi connectivity index (χ3n) is 3.66. The van der Waals surface area contributed by atoms with Crippen LogP contribution < -0.4 is 11.1 Å². The van der Waals surface area contributed by atoms with Gasteiger partial charge in [0, 0.05) is 17.6 Å². The summed E-state index contributed by atoms with van der Waals surface area (Å²) >= 11 is 5.98. The Labute approximate surface area is 142 Å². The molecule has 24 heavy (non-hydrogen) atoms. The first-order valence-electron chi connectivity index (χ1n) is 7.50. The van der Waals surface area contributed by atoms with Crippen LogP contribution in [0.15, 0.2) is 39.9 Å². The van der Waals surface area contributed by atoms with E-state index in [4.69, 9.17) is 11.6 Å². The van der Waals surface area contributed by atoms with Crippen LogP contribution in [-0.4, -0.2) is 31.6 Å². The lowest BCUT2D eigenvalue weighted by Gasteiger charge is -2.19. The van der Waals surface area contributed by atoms with Crippen LogP contribution in [0.1, 0.15) is 18.4 Å². The third kappa shape index (κ3) is 3.69. The van der Waals surface area contributed by atoms with Crippen LogP contribution in [0.25, 0.3) is 10.9 Å². The fourth-order valence-corrected chi connectivity index (χ4v) is 2.58. The summed E-state index contributed by atoms with van der Waals surface area (Å²) in [5, 5.41) is 7.46. The van der Waals surface area contributed by atoms with Crippen LogP contribution in [-0.2, 0) is 13.1 Å². The van der Waals surface area contributed by atoms with Gasteiger partial charge in [-0.2, -0.15) is 5.10 Å². The van der Waals surface area contributed by atoms with E-state index >= 15 is 0 Å². The highest BCUT2D eigenvalue weighted by Crippen LogP contribution is 2.15. The van der Waals surface area contributed by atoms with Gasteiger partial charge in [0.25, 0.3) is 11.1 Å². The number of halogens is 1. The molecular weight excluding hydrogens is 330 g/mol. The number of rotatable bonds is 5. The van der Waals surface area contributed by atoms with E-state index in [-0.39, 0.29) is 11.1 Å². The smallest absolute Gasteiger partial charge is 0.264 e. The summed E-state index contributed by atoms with van der Waals surface area (Å²) < 4.78 is 0. The van der Waals surface area contributed by atoms with Gasteiger partial charge in [-0.15, -0.1) is 0 Å². The van der Waals surface area contributed by atoms with Crippen molar-refractivity contribution >= 4 is 22.5 Å². The zero-order valence-electron chi connectivity index (χ0n) is 13.0. The first-order valence-corrected chi connectivity index (χ1v) is 7.88. The molecule has 2 N–H and O–H groups in total. The molecule has 0 radical (unpaired) electrons. The minimum absolute atomic E-state index is 0.190. The van der Waals surface area contributed by atoms with Crippen molar-refractivity contribution in [2.75, 3.05) is 6.54 Å². The molecule has 2 aromatic heterocycles. The number of aromatic amines is 2. The summed E-state index contributed by atoms with van der Waals surface area (Å²) in [6, 6.07) is 8.12. The molecular formula is C16H16ClN5O2. The molecule has 2 heterocycles. The van der Waals surface area contributed by atoms with Gasteiger partial charge in [-0.25, -0.2) is 10.1 Å². The number of hydrogen-bond acceptors (Lipinski definition) is 5. The topological polar surface area (TPSA) is 94.7 Å². The molecule has 0 aliphatic rings. The Bertz CT molecular complexity index is 962. The molecule has 7 nitrogen and oxygen atoms in total. The molecule has 0 saturated carbocycles. The van der Waals surface area contributed by atoms with E-state index in [1.807, 2.05) is 6.92 Å². The van der Waals surface area contributed by atoms with Crippen LogP contribution in [0.2, 0.25) is 5.02 Å². The second kappa shape index (κ2) is 6.94. The van der Waals surface area contributed by atoms with Crippen molar-refractivity contribution in [2.45, 2.75) is 20.0 Å². The number of nitrogens with zero attached hydrogens (tertiary/aromatic N) is 3. The van der Waals surface area contributed by atoms with Crippen LogP contribution >= 0.6 is 11.6 Å². The molecule has 0 amide bonds. The number of benzene rings is 1. The molecule has 0 aliphatic carbocycles. The van der Waals surface area contributed by atoms with E-state index < -0.39 is 0 Å². The van der Waals surface area contributed by atoms with Gasteiger partial charge in [0.1, 0.15) is 5.82 Å². The minimum atomic E-state index is -0.237. The molecule has 1 aromatic carbocycles. The second-order valence-corrected chi connectivity index (χ2v) is 5.83. The maximum Gasteiger partial charge on any atom is 0.264 e. The number of H-pyrrole nitrogens is 2. The van der Waals surface area contributed by atoms with Crippen molar-refractivity contribution in [2.24, 2.45) is 0 Å². The first kappa shape index (κ1) is 16.4. The molecule has 3 aromatic rings. The fraction of sp³-hybridized carbons (Fsp3) is 0.250. The second-order valence-electron chi connectivity index (χ2n) is 5.39. The quantitative estimate of drug-likeness (QED) is 0.733. The van der Waals surface area contributed by atoms with E-state index in [0.717, 1.165) is 12.2 Å². The molecule has 0 spiro atoms. The zero-order valence-corrected chi connectivity index (χ0v) is 13.8. The van der Waals surface area contributed by atoms with Crippen molar-refractivity contribution < 1.29 is 0 Å². The maximum atomic E-state index is 12.2. The fourth-order valence-electron chi connectivity index (χ4n) is 2.42. The van der Waals surface area contributed by atoms with Gasteiger partial charge < -0.3 is 4.98 Å². The Morgan fingerprint density at radius 1 is 1.17 bits per heavy atom. The summed E-state index contributed by atoms with van der Waals surface area (Å²) in [5.74, 6) is 0.557. The Morgan fingerprint density at radius 2 is 2.00 bits per heavy atom. The third-order valence-corrected chi connectivity index (χ3v) is 3.90. The van der Waals surface area contributed by atoms with Crippen molar-refractivity contribution in [3.05, 3.63) is 67.6 Å². The largest absolute Gasteiger partial charge is 0.309 e.